The molecular weight excluding hydrogens is 246 g/mol. The van der Waals surface area contributed by atoms with Crippen LogP contribution in [0.4, 0.5) is 4.79 Å². The Morgan fingerprint density at radius 3 is 2.37 bits per heavy atom. The predicted octanol–water partition coefficient (Wildman–Crippen LogP) is 2.89. The minimum Gasteiger partial charge on any atom is -0.481 e. The lowest BCUT2D eigenvalue weighted by Gasteiger charge is -2.31. The molecule has 2 unspecified atom stereocenters. The van der Waals surface area contributed by atoms with Gasteiger partial charge in [0.1, 0.15) is 5.60 Å². The molecule has 0 bridgehead atoms. The van der Waals surface area contributed by atoms with Gasteiger partial charge in [-0.2, -0.15) is 0 Å². The summed E-state index contributed by atoms with van der Waals surface area (Å²) in [5, 5.41) is 9.03. The van der Waals surface area contributed by atoms with Crippen molar-refractivity contribution in [1.82, 2.24) is 4.90 Å². The predicted molar refractivity (Wildman–Crippen MR) is 72.0 cm³/mol. The molecule has 1 aliphatic carbocycles. The van der Waals surface area contributed by atoms with Crippen LogP contribution in [0.3, 0.4) is 0 Å². The van der Waals surface area contributed by atoms with Gasteiger partial charge in [0.2, 0.25) is 0 Å². The first-order valence-corrected chi connectivity index (χ1v) is 6.97. The molecule has 1 aliphatic rings. The first kappa shape index (κ1) is 15.8. The van der Waals surface area contributed by atoms with Crippen molar-refractivity contribution >= 4 is 12.1 Å². The second-order valence-corrected chi connectivity index (χ2v) is 6.18. The van der Waals surface area contributed by atoms with Gasteiger partial charge < -0.3 is 14.7 Å². The molecule has 1 saturated carbocycles. The van der Waals surface area contributed by atoms with Gasteiger partial charge in [0.05, 0.1) is 5.92 Å². The Kier molecular flexibility index (Phi) is 5.20. The number of aliphatic carboxylic acids is 1. The maximum Gasteiger partial charge on any atom is 0.410 e. The molecule has 1 fully saturated rings. The van der Waals surface area contributed by atoms with E-state index in [-0.39, 0.29) is 18.1 Å². The van der Waals surface area contributed by atoms with Gasteiger partial charge >= 0.3 is 12.1 Å². The van der Waals surface area contributed by atoms with Crippen LogP contribution in [0.2, 0.25) is 0 Å². The summed E-state index contributed by atoms with van der Waals surface area (Å²) >= 11 is 0. The van der Waals surface area contributed by atoms with Crippen LogP contribution in [-0.2, 0) is 9.53 Å². The Balaban J connectivity index is 2.68. The molecule has 0 aliphatic heterocycles. The van der Waals surface area contributed by atoms with Crippen molar-refractivity contribution in [2.75, 3.05) is 6.54 Å². The number of hydrogen-bond donors (Lipinski definition) is 1. The number of ether oxygens (including phenoxy) is 1. The van der Waals surface area contributed by atoms with E-state index in [0.29, 0.717) is 19.4 Å². The minimum absolute atomic E-state index is 0.00380. The third-order valence-electron chi connectivity index (χ3n) is 3.29. The molecule has 0 aromatic heterocycles. The Labute approximate surface area is 114 Å². The van der Waals surface area contributed by atoms with E-state index in [1.54, 1.807) is 4.90 Å². The molecule has 0 aromatic rings. The van der Waals surface area contributed by atoms with Crippen LogP contribution in [-0.4, -0.2) is 40.3 Å². The number of carboxylic acids is 1. The highest BCUT2D eigenvalue weighted by molar-refractivity contribution is 5.71. The monoisotopic (exact) mass is 271 g/mol. The van der Waals surface area contributed by atoms with Crippen molar-refractivity contribution in [2.24, 2.45) is 5.92 Å². The van der Waals surface area contributed by atoms with Crippen LogP contribution in [0.25, 0.3) is 0 Å². The average Bonchev–Trinajstić information content (AvgIpc) is 2.72. The SMILES string of the molecule is CCCN(C(=O)OC(C)(C)C)C1CCC(C(=O)O)C1. The van der Waals surface area contributed by atoms with Crippen LogP contribution in [0.1, 0.15) is 53.4 Å². The lowest BCUT2D eigenvalue weighted by atomic mass is 10.1. The molecule has 0 saturated heterocycles. The Bertz CT molecular complexity index is 335. The second kappa shape index (κ2) is 6.26. The van der Waals surface area contributed by atoms with Gasteiger partial charge in [0, 0.05) is 12.6 Å². The molecule has 1 rings (SSSR count). The molecule has 0 radical (unpaired) electrons. The highest BCUT2D eigenvalue weighted by atomic mass is 16.6. The van der Waals surface area contributed by atoms with Crippen molar-refractivity contribution in [3.8, 4) is 0 Å². The summed E-state index contributed by atoms with van der Waals surface area (Å²) in [6.45, 7) is 8.13. The van der Waals surface area contributed by atoms with Crippen molar-refractivity contribution in [3.63, 3.8) is 0 Å². The summed E-state index contributed by atoms with van der Waals surface area (Å²) in [5.74, 6) is -1.09. The van der Waals surface area contributed by atoms with E-state index in [1.807, 2.05) is 27.7 Å². The third kappa shape index (κ3) is 4.73. The molecule has 0 spiro atoms. The van der Waals surface area contributed by atoms with Gasteiger partial charge in [-0.15, -0.1) is 0 Å². The highest BCUT2D eigenvalue weighted by Gasteiger charge is 2.36. The molecule has 19 heavy (non-hydrogen) atoms. The van der Waals surface area contributed by atoms with Crippen LogP contribution >= 0.6 is 0 Å². The number of nitrogens with zero attached hydrogens (tertiary/aromatic N) is 1. The van der Waals surface area contributed by atoms with E-state index >= 15 is 0 Å². The fourth-order valence-electron chi connectivity index (χ4n) is 2.45. The third-order valence-corrected chi connectivity index (χ3v) is 3.29. The maximum atomic E-state index is 12.2. The lowest BCUT2D eigenvalue weighted by molar-refractivity contribution is -0.141. The van der Waals surface area contributed by atoms with Crippen LogP contribution in [0, 0.1) is 5.92 Å². The van der Waals surface area contributed by atoms with Gasteiger partial charge in [-0.25, -0.2) is 4.79 Å². The number of carbonyl (C=O) groups is 2. The number of carbonyl (C=O) groups excluding carboxylic acids is 1. The number of rotatable bonds is 4. The van der Waals surface area contributed by atoms with Gasteiger partial charge in [0.15, 0.2) is 0 Å². The first-order chi connectivity index (χ1) is 8.74. The standard InChI is InChI=1S/C14H25NO4/c1-5-8-15(13(18)19-14(2,3)4)11-7-6-10(9-11)12(16)17/h10-11H,5-9H2,1-4H3,(H,16,17). The molecular formula is C14H25NO4. The van der Waals surface area contributed by atoms with Crippen molar-refractivity contribution < 1.29 is 19.4 Å². The molecule has 1 N–H and O–H groups in total. The number of amides is 1. The van der Waals surface area contributed by atoms with Crippen LogP contribution < -0.4 is 0 Å². The zero-order valence-corrected chi connectivity index (χ0v) is 12.3. The largest absolute Gasteiger partial charge is 0.481 e. The topological polar surface area (TPSA) is 66.8 Å². The van der Waals surface area contributed by atoms with Crippen LogP contribution in [0.15, 0.2) is 0 Å². The molecule has 110 valence electrons. The van der Waals surface area contributed by atoms with Crippen molar-refractivity contribution in [2.45, 2.75) is 65.0 Å². The van der Waals surface area contributed by atoms with Crippen LogP contribution in [0.5, 0.6) is 0 Å². The van der Waals surface area contributed by atoms with Crippen molar-refractivity contribution in [1.29, 1.82) is 0 Å². The van der Waals surface area contributed by atoms with Gasteiger partial charge in [-0.3, -0.25) is 4.79 Å². The maximum absolute atomic E-state index is 12.2. The number of hydrogen-bond acceptors (Lipinski definition) is 3. The van der Waals surface area contributed by atoms with Gasteiger partial charge in [-0.05, 0) is 46.5 Å². The van der Waals surface area contributed by atoms with E-state index in [2.05, 4.69) is 0 Å². The Morgan fingerprint density at radius 2 is 1.95 bits per heavy atom. The molecule has 5 nitrogen and oxygen atoms in total. The zero-order valence-electron chi connectivity index (χ0n) is 12.3. The smallest absolute Gasteiger partial charge is 0.410 e. The first-order valence-electron chi connectivity index (χ1n) is 6.97. The van der Waals surface area contributed by atoms with Gasteiger partial charge in [-0.1, -0.05) is 6.92 Å². The number of carboxylic acid groups (broad SMARTS) is 1. The quantitative estimate of drug-likeness (QED) is 0.853. The average molecular weight is 271 g/mol. The van der Waals surface area contributed by atoms with E-state index in [0.717, 1.165) is 12.8 Å². The summed E-state index contributed by atoms with van der Waals surface area (Å²) in [6, 6.07) is -0.00380. The normalized spacial score (nSPS) is 23.2. The Hall–Kier alpha value is -1.26. The fraction of sp³-hybridized carbons (Fsp3) is 0.857. The molecule has 0 heterocycles. The second-order valence-electron chi connectivity index (χ2n) is 6.18. The molecule has 0 aromatic carbocycles. The van der Waals surface area contributed by atoms with E-state index in [1.165, 1.54) is 0 Å². The zero-order chi connectivity index (χ0) is 14.6. The molecule has 2 atom stereocenters. The van der Waals surface area contributed by atoms with E-state index in [4.69, 9.17) is 9.84 Å². The van der Waals surface area contributed by atoms with Gasteiger partial charge in [0.25, 0.3) is 0 Å². The summed E-state index contributed by atoms with van der Waals surface area (Å²) in [4.78, 5) is 24.9. The fourth-order valence-corrected chi connectivity index (χ4v) is 2.45. The summed E-state index contributed by atoms with van der Waals surface area (Å²) < 4.78 is 5.40. The molecule has 1 amide bonds. The minimum atomic E-state index is -0.761. The summed E-state index contributed by atoms with van der Waals surface area (Å²) in [6.07, 6.45) is 2.44. The summed E-state index contributed by atoms with van der Waals surface area (Å²) in [5.41, 5.74) is -0.520. The summed E-state index contributed by atoms with van der Waals surface area (Å²) in [7, 11) is 0. The Morgan fingerprint density at radius 1 is 1.32 bits per heavy atom. The van der Waals surface area contributed by atoms with Crippen molar-refractivity contribution in [3.05, 3.63) is 0 Å². The lowest BCUT2D eigenvalue weighted by Crippen LogP contribution is -2.43. The molecule has 5 heteroatoms. The highest BCUT2D eigenvalue weighted by Crippen LogP contribution is 2.30. The van der Waals surface area contributed by atoms with E-state index in [9.17, 15) is 9.59 Å². The van der Waals surface area contributed by atoms with E-state index < -0.39 is 11.6 Å².